The van der Waals surface area contributed by atoms with Crippen molar-refractivity contribution < 1.29 is 14.3 Å². The van der Waals surface area contributed by atoms with E-state index in [1.807, 2.05) is 24.3 Å². The molecule has 1 aromatic rings. The fraction of sp³-hybridized carbons (Fsp3) is 0.619. The Labute approximate surface area is 197 Å². The molecular weight excluding hydrogens is 497 g/mol. The smallest absolute Gasteiger partial charge is 0.411 e. The van der Waals surface area contributed by atoms with E-state index >= 15 is 0 Å². The van der Waals surface area contributed by atoms with Crippen LogP contribution in [0.15, 0.2) is 29.3 Å². The largest absolute Gasteiger partial charge is 0.453 e. The van der Waals surface area contributed by atoms with E-state index in [9.17, 15) is 4.79 Å². The average molecular weight is 533 g/mol. The number of nitrogens with one attached hydrogen (secondary N) is 3. The van der Waals surface area contributed by atoms with Crippen molar-refractivity contribution in [1.29, 1.82) is 0 Å². The van der Waals surface area contributed by atoms with E-state index in [4.69, 9.17) is 4.74 Å². The van der Waals surface area contributed by atoms with Gasteiger partial charge in [-0.3, -0.25) is 15.2 Å². The van der Waals surface area contributed by atoms with E-state index in [1.165, 1.54) is 7.11 Å². The second-order valence-corrected chi connectivity index (χ2v) is 7.55. The molecule has 1 unspecified atom stereocenters. The van der Waals surface area contributed by atoms with Crippen LogP contribution in [-0.4, -0.2) is 70.0 Å². The van der Waals surface area contributed by atoms with Gasteiger partial charge in [0, 0.05) is 45.0 Å². The van der Waals surface area contributed by atoms with Crippen molar-refractivity contribution in [2.24, 2.45) is 10.9 Å². The number of guanidine groups is 1. The number of hydrogen-bond acceptors (Lipinski definition) is 5. The standard InChI is InChI=1S/C21H35N5O3.HI/c1-16(2)13-19(26-9-11-29-12-10-26)15-24-20(22-3)23-14-17-5-7-18(8-6-17)25-21(27)28-4;/h5-8,16,19H,9-15H2,1-4H3,(H,25,27)(H2,22,23,24);1H. The molecule has 1 aliphatic heterocycles. The zero-order chi connectivity index (χ0) is 21.1. The van der Waals surface area contributed by atoms with Gasteiger partial charge in [0.2, 0.25) is 0 Å². The lowest BCUT2D eigenvalue weighted by atomic mass is 10.0. The summed E-state index contributed by atoms with van der Waals surface area (Å²) in [6.07, 6.45) is 0.662. The number of amides is 1. The van der Waals surface area contributed by atoms with Crippen LogP contribution in [0.2, 0.25) is 0 Å². The summed E-state index contributed by atoms with van der Waals surface area (Å²) < 4.78 is 10.1. The average Bonchev–Trinajstić information content (AvgIpc) is 2.74. The lowest BCUT2D eigenvalue weighted by molar-refractivity contribution is 0.0132. The van der Waals surface area contributed by atoms with Gasteiger partial charge in [-0.15, -0.1) is 24.0 Å². The van der Waals surface area contributed by atoms with Gasteiger partial charge in [-0.05, 0) is 30.0 Å². The molecule has 1 amide bonds. The van der Waals surface area contributed by atoms with Crippen LogP contribution in [0.3, 0.4) is 0 Å². The maximum Gasteiger partial charge on any atom is 0.411 e. The summed E-state index contributed by atoms with van der Waals surface area (Å²) in [4.78, 5) is 18.1. The molecule has 30 heavy (non-hydrogen) atoms. The third kappa shape index (κ3) is 9.48. The van der Waals surface area contributed by atoms with E-state index in [0.717, 1.165) is 50.8 Å². The number of halogens is 1. The number of ether oxygens (including phenoxy) is 2. The summed E-state index contributed by atoms with van der Waals surface area (Å²) in [5.74, 6) is 1.42. The van der Waals surface area contributed by atoms with Crippen LogP contribution in [-0.2, 0) is 16.0 Å². The molecule has 0 aliphatic carbocycles. The van der Waals surface area contributed by atoms with Crippen LogP contribution in [0.1, 0.15) is 25.8 Å². The van der Waals surface area contributed by atoms with Crippen LogP contribution in [0, 0.1) is 5.92 Å². The molecule has 0 spiro atoms. The van der Waals surface area contributed by atoms with E-state index < -0.39 is 6.09 Å². The molecule has 0 saturated carbocycles. The lowest BCUT2D eigenvalue weighted by Crippen LogP contribution is -2.50. The molecule has 0 radical (unpaired) electrons. The number of anilines is 1. The maximum atomic E-state index is 11.2. The maximum absolute atomic E-state index is 11.2. The Hall–Kier alpha value is -1.59. The topological polar surface area (TPSA) is 87.2 Å². The van der Waals surface area contributed by atoms with Crippen molar-refractivity contribution in [3.63, 3.8) is 0 Å². The third-order valence-electron chi connectivity index (χ3n) is 4.88. The van der Waals surface area contributed by atoms with Crippen LogP contribution in [0.25, 0.3) is 0 Å². The molecule has 1 saturated heterocycles. The summed E-state index contributed by atoms with van der Waals surface area (Å²) in [7, 11) is 3.13. The number of benzene rings is 1. The predicted octanol–water partition coefficient (Wildman–Crippen LogP) is 2.89. The number of hydrogen-bond donors (Lipinski definition) is 3. The SMILES string of the molecule is CN=C(NCc1ccc(NC(=O)OC)cc1)NCC(CC(C)C)N1CCOCC1.I. The Bertz CT molecular complexity index is 649. The van der Waals surface area contributed by atoms with Crippen molar-refractivity contribution >= 4 is 41.7 Å². The number of carbonyl (C=O) groups excluding carboxylic acids is 1. The Morgan fingerprint density at radius 2 is 1.87 bits per heavy atom. The number of aliphatic imine (C=N–C) groups is 1. The summed E-state index contributed by atoms with van der Waals surface area (Å²) >= 11 is 0. The summed E-state index contributed by atoms with van der Waals surface area (Å²) in [6, 6.07) is 8.07. The van der Waals surface area contributed by atoms with E-state index in [1.54, 1.807) is 7.05 Å². The molecule has 3 N–H and O–H groups in total. The Kier molecular flexibility index (Phi) is 12.7. The minimum absolute atomic E-state index is 0. The van der Waals surface area contributed by atoms with Gasteiger partial charge in [0.1, 0.15) is 0 Å². The van der Waals surface area contributed by atoms with Crippen LogP contribution in [0.5, 0.6) is 0 Å². The van der Waals surface area contributed by atoms with Crippen molar-refractivity contribution in [2.45, 2.75) is 32.9 Å². The van der Waals surface area contributed by atoms with Gasteiger partial charge in [-0.2, -0.15) is 0 Å². The second kappa shape index (κ2) is 14.4. The normalized spacial score (nSPS) is 15.8. The zero-order valence-corrected chi connectivity index (χ0v) is 20.8. The highest BCUT2D eigenvalue weighted by molar-refractivity contribution is 14.0. The van der Waals surface area contributed by atoms with Crippen molar-refractivity contribution in [3.05, 3.63) is 29.8 Å². The van der Waals surface area contributed by atoms with Gasteiger partial charge in [-0.25, -0.2) is 4.79 Å². The molecular formula is C21H36IN5O3. The number of morpholine rings is 1. The van der Waals surface area contributed by atoms with E-state index in [2.05, 4.69) is 44.4 Å². The van der Waals surface area contributed by atoms with Gasteiger partial charge < -0.3 is 20.1 Å². The third-order valence-corrected chi connectivity index (χ3v) is 4.88. The molecule has 2 rings (SSSR count). The Morgan fingerprint density at radius 1 is 1.20 bits per heavy atom. The molecule has 1 heterocycles. The van der Waals surface area contributed by atoms with Crippen LogP contribution >= 0.6 is 24.0 Å². The fourth-order valence-electron chi connectivity index (χ4n) is 3.34. The summed E-state index contributed by atoms with van der Waals surface area (Å²) in [5.41, 5.74) is 1.79. The lowest BCUT2D eigenvalue weighted by Gasteiger charge is -2.35. The molecule has 9 heteroatoms. The quantitative estimate of drug-likeness (QED) is 0.271. The van der Waals surface area contributed by atoms with Crippen molar-refractivity contribution in [2.75, 3.05) is 52.3 Å². The number of methoxy groups -OCH3 is 1. The zero-order valence-electron chi connectivity index (χ0n) is 18.4. The van der Waals surface area contributed by atoms with Gasteiger partial charge in [0.25, 0.3) is 0 Å². The number of nitrogens with zero attached hydrogens (tertiary/aromatic N) is 2. The van der Waals surface area contributed by atoms with Gasteiger partial charge >= 0.3 is 6.09 Å². The first-order chi connectivity index (χ1) is 14.0. The molecule has 1 fully saturated rings. The minimum atomic E-state index is -0.475. The molecule has 1 atom stereocenters. The number of carbonyl (C=O) groups is 1. The molecule has 0 bridgehead atoms. The van der Waals surface area contributed by atoms with Crippen molar-refractivity contribution in [1.82, 2.24) is 15.5 Å². The molecule has 1 aromatic carbocycles. The Balaban J connectivity index is 0.00000450. The molecule has 1 aliphatic rings. The monoisotopic (exact) mass is 533 g/mol. The van der Waals surface area contributed by atoms with Crippen LogP contribution in [0.4, 0.5) is 10.5 Å². The second-order valence-electron chi connectivity index (χ2n) is 7.55. The minimum Gasteiger partial charge on any atom is -0.453 e. The highest BCUT2D eigenvalue weighted by Crippen LogP contribution is 2.13. The van der Waals surface area contributed by atoms with Crippen molar-refractivity contribution in [3.8, 4) is 0 Å². The number of rotatable bonds is 8. The molecule has 8 nitrogen and oxygen atoms in total. The first-order valence-electron chi connectivity index (χ1n) is 10.2. The Morgan fingerprint density at radius 3 is 2.43 bits per heavy atom. The van der Waals surface area contributed by atoms with E-state index in [0.29, 0.717) is 24.2 Å². The molecule has 0 aromatic heterocycles. The van der Waals surface area contributed by atoms with Gasteiger partial charge in [-0.1, -0.05) is 26.0 Å². The fourth-order valence-corrected chi connectivity index (χ4v) is 3.34. The summed E-state index contributed by atoms with van der Waals surface area (Å²) in [5, 5.41) is 9.47. The summed E-state index contributed by atoms with van der Waals surface area (Å²) in [6.45, 7) is 9.60. The predicted molar refractivity (Wildman–Crippen MR) is 132 cm³/mol. The highest BCUT2D eigenvalue weighted by Gasteiger charge is 2.22. The molecule has 170 valence electrons. The van der Waals surface area contributed by atoms with Gasteiger partial charge in [0.15, 0.2) is 5.96 Å². The van der Waals surface area contributed by atoms with Gasteiger partial charge in [0.05, 0.1) is 20.3 Å². The van der Waals surface area contributed by atoms with Crippen LogP contribution < -0.4 is 16.0 Å². The highest BCUT2D eigenvalue weighted by atomic mass is 127. The van der Waals surface area contributed by atoms with E-state index in [-0.39, 0.29) is 24.0 Å². The first kappa shape index (κ1) is 26.4. The first-order valence-corrected chi connectivity index (χ1v) is 10.2.